The number of nitrogens with zero attached hydrogens (tertiary/aromatic N) is 1. The summed E-state index contributed by atoms with van der Waals surface area (Å²) in [5, 5.41) is -0.719. The molecule has 0 N–H and O–H groups in total. The van der Waals surface area contributed by atoms with E-state index < -0.39 is 20.8 Å². The number of ether oxygens (including phenoxy) is 1. The van der Waals surface area contributed by atoms with Crippen molar-refractivity contribution in [2.24, 2.45) is 0 Å². The van der Waals surface area contributed by atoms with Crippen molar-refractivity contribution in [2.45, 2.75) is 31.7 Å². The van der Waals surface area contributed by atoms with Crippen LogP contribution in [0.25, 0.3) is 0 Å². The van der Waals surface area contributed by atoms with Gasteiger partial charge >= 0.3 is 0 Å². The molecule has 106 valence electrons. The molecule has 1 amide bonds. The van der Waals surface area contributed by atoms with Crippen LogP contribution in [0.1, 0.15) is 20.8 Å². The Morgan fingerprint density at radius 1 is 1.50 bits per heavy atom. The highest BCUT2D eigenvalue weighted by atomic mass is 32.2. The number of carbonyl (C=O) groups excluding carboxylic acids is 1. The Morgan fingerprint density at radius 2 is 2.11 bits per heavy atom. The quantitative estimate of drug-likeness (QED) is 0.766. The van der Waals surface area contributed by atoms with E-state index in [-0.39, 0.29) is 11.7 Å². The monoisotopic (exact) mass is 295 g/mol. The molecule has 0 radical (unpaired) electrons. The first-order valence-electron chi connectivity index (χ1n) is 5.91. The molecule has 0 bridgehead atoms. The molecule has 1 fully saturated rings. The number of hydrogen-bond donors (Lipinski definition) is 0. The van der Waals surface area contributed by atoms with Crippen molar-refractivity contribution in [3.63, 3.8) is 0 Å². The van der Waals surface area contributed by atoms with Crippen LogP contribution in [-0.2, 0) is 19.4 Å². The van der Waals surface area contributed by atoms with Crippen LogP contribution in [0.5, 0.6) is 0 Å². The zero-order valence-electron chi connectivity index (χ0n) is 11.3. The first-order chi connectivity index (χ1) is 8.26. The molecule has 1 atom stereocenters. The molecule has 1 unspecified atom stereocenters. The summed E-state index contributed by atoms with van der Waals surface area (Å²) in [6, 6.07) is 0. The molecule has 18 heavy (non-hydrogen) atoms. The lowest BCUT2D eigenvalue weighted by atomic mass is 10.1. The third-order valence-corrected chi connectivity index (χ3v) is 6.48. The van der Waals surface area contributed by atoms with Gasteiger partial charge in [0, 0.05) is 30.9 Å². The highest BCUT2D eigenvalue weighted by Gasteiger charge is 2.41. The number of sulfone groups is 1. The van der Waals surface area contributed by atoms with E-state index in [1.807, 2.05) is 0 Å². The smallest absolute Gasteiger partial charge is 0.255 e. The molecule has 7 heteroatoms. The van der Waals surface area contributed by atoms with E-state index in [4.69, 9.17) is 4.74 Å². The van der Waals surface area contributed by atoms with Crippen molar-refractivity contribution in [1.82, 2.24) is 4.90 Å². The molecular formula is C11H21NO4S2. The van der Waals surface area contributed by atoms with Gasteiger partial charge in [-0.3, -0.25) is 4.79 Å². The van der Waals surface area contributed by atoms with Gasteiger partial charge in [-0.1, -0.05) is 6.92 Å². The molecule has 1 heterocycles. The molecule has 0 saturated carbocycles. The lowest BCUT2D eigenvalue weighted by Crippen LogP contribution is -2.56. The molecule has 0 aromatic rings. The minimum atomic E-state index is -3.26. The predicted molar refractivity (Wildman–Crippen MR) is 73.4 cm³/mol. The molecule has 5 nitrogen and oxygen atoms in total. The Kier molecular flexibility index (Phi) is 5.08. The number of thioether (sulfide) groups is 1. The van der Waals surface area contributed by atoms with Gasteiger partial charge in [-0.15, -0.1) is 0 Å². The van der Waals surface area contributed by atoms with Gasteiger partial charge < -0.3 is 9.64 Å². The van der Waals surface area contributed by atoms with Crippen molar-refractivity contribution in [2.75, 3.05) is 30.9 Å². The Morgan fingerprint density at radius 3 is 2.61 bits per heavy atom. The fourth-order valence-electron chi connectivity index (χ4n) is 1.74. The van der Waals surface area contributed by atoms with Crippen molar-refractivity contribution < 1.29 is 17.9 Å². The highest BCUT2D eigenvalue weighted by Crippen LogP contribution is 2.25. The van der Waals surface area contributed by atoms with Crippen molar-refractivity contribution >= 4 is 27.5 Å². The predicted octanol–water partition coefficient (Wildman–Crippen LogP) is 0.748. The van der Waals surface area contributed by atoms with E-state index in [2.05, 4.69) is 0 Å². The molecule has 1 rings (SSSR count). The number of rotatable bonds is 4. The second kappa shape index (κ2) is 5.79. The molecule has 0 aromatic carbocycles. The van der Waals surface area contributed by atoms with Crippen molar-refractivity contribution in [3.05, 3.63) is 0 Å². The number of amides is 1. The van der Waals surface area contributed by atoms with Gasteiger partial charge in [0.1, 0.15) is 11.0 Å². The van der Waals surface area contributed by atoms with E-state index in [0.29, 0.717) is 12.3 Å². The lowest BCUT2D eigenvalue weighted by molar-refractivity contribution is -0.151. The molecule has 0 aromatic heterocycles. The van der Waals surface area contributed by atoms with E-state index in [9.17, 15) is 13.2 Å². The Hall–Kier alpha value is -0.270. The van der Waals surface area contributed by atoms with E-state index in [1.54, 1.807) is 32.5 Å². The lowest BCUT2D eigenvalue weighted by Gasteiger charge is -2.38. The topological polar surface area (TPSA) is 63.7 Å². The maximum Gasteiger partial charge on any atom is 0.255 e. The normalized spacial score (nSPS) is 22.0. The van der Waals surface area contributed by atoms with Crippen LogP contribution >= 0.6 is 11.8 Å². The van der Waals surface area contributed by atoms with E-state index in [1.165, 1.54) is 12.0 Å². The molecule has 1 aliphatic rings. The summed E-state index contributed by atoms with van der Waals surface area (Å²) in [6.45, 7) is 5.39. The Balaban J connectivity index is 3.01. The summed E-state index contributed by atoms with van der Waals surface area (Å²) >= 11 is 1.57. The average molecular weight is 295 g/mol. The van der Waals surface area contributed by atoms with Gasteiger partial charge in [-0.2, -0.15) is 11.8 Å². The largest absolute Gasteiger partial charge is 0.369 e. The minimum Gasteiger partial charge on any atom is -0.369 e. The van der Waals surface area contributed by atoms with Crippen LogP contribution in [0.3, 0.4) is 0 Å². The van der Waals surface area contributed by atoms with Gasteiger partial charge in [-0.05, 0) is 13.8 Å². The number of carbonyl (C=O) groups is 1. The van der Waals surface area contributed by atoms with Crippen molar-refractivity contribution in [1.29, 1.82) is 0 Å². The summed E-state index contributed by atoms with van der Waals surface area (Å²) < 4.78 is 29.2. The number of hydrogen-bond acceptors (Lipinski definition) is 5. The summed E-state index contributed by atoms with van der Waals surface area (Å²) in [5.41, 5.74) is -0.983. The van der Waals surface area contributed by atoms with Crippen LogP contribution in [0.4, 0.5) is 0 Å². The van der Waals surface area contributed by atoms with Gasteiger partial charge in [0.15, 0.2) is 9.84 Å². The molecule has 0 spiro atoms. The molecular weight excluding hydrogens is 274 g/mol. The highest BCUT2D eigenvalue weighted by molar-refractivity contribution is 8.01. The maximum absolute atomic E-state index is 12.4. The first-order valence-corrected chi connectivity index (χ1v) is 8.79. The summed E-state index contributed by atoms with van der Waals surface area (Å²) in [5.74, 6) is 1.01. The number of methoxy groups -OCH3 is 1. The third kappa shape index (κ3) is 3.19. The van der Waals surface area contributed by atoms with Gasteiger partial charge in [0.25, 0.3) is 5.91 Å². The van der Waals surface area contributed by atoms with Gasteiger partial charge in [0.2, 0.25) is 0 Å². The van der Waals surface area contributed by atoms with Gasteiger partial charge in [0.05, 0.1) is 0 Å². The van der Waals surface area contributed by atoms with Crippen LogP contribution in [0.2, 0.25) is 0 Å². The maximum atomic E-state index is 12.4. The van der Waals surface area contributed by atoms with Gasteiger partial charge in [-0.25, -0.2) is 8.42 Å². The van der Waals surface area contributed by atoms with E-state index >= 15 is 0 Å². The second-order valence-corrected chi connectivity index (χ2v) is 8.29. The van der Waals surface area contributed by atoms with Crippen LogP contribution in [-0.4, -0.2) is 61.1 Å². The summed E-state index contributed by atoms with van der Waals surface area (Å²) in [4.78, 5) is 13.8. The zero-order chi connectivity index (χ0) is 14.0. The second-order valence-electron chi connectivity index (χ2n) is 4.69. The molecule has 1 saturated heterocycles. The minimum absolute atomic E-state index is 0.0510. The Labute approximate surface area is 113 Å². The fourth-order valence-corrected chi connectivity index (χ4v) is 4.70. The van der Waals surface area contributed by atoms with Crippen LogP contribution in [0.15, 0.2) is 0 Å². The van der Waals surface area contributed by atoms with Crippen LogP contribution in [0, 0.1) is 0 Å². The molecule has 1 aliphatic heterocycles. The average Bonchev–Trinajstić information content (AvgIpc) is 2.37. The van der Waals surface area contributed by atoms with Crippen LogP contribution < -0.4 is 0 Å². The fraction of sp³-hybridized carbons (Fsp3) is 0.909. The SMILES string of the molecule is CCS(=O)(=O)C1CSCCN1C(=O)C(C)(C)OC. The molecule has 0 aliphatic carbocycles. The standard InChI is InChI=1S/C11H21NO4S2/c1-5-18(14,15)9-8-17-7-6-12(9)10(13)11(2,3)16-4/h9H,5-8H2,1-4H3. The summed E-state index contributed by atoms with van der Waals surface area (Å²) in [7, 11) is -1.80. The van der Waals surface area contributed by atoms with Crippen molar-refractivity contribution in [3.8, 4) is 0 Å². The van der Waals surface area contributed by atoms with E-state index in [0.717, 1.165) is 5.75 Å². The summed E-state index contributed by atoms with van der Waals surface area (Å²) in [6.07, 6.45) is 0. The third-order valence-electron chi connectivity index (χ3n) is 3.19. The first kappa shape index (κ1) is 15.8. The zero-order valence-corrected chi connectivity index (χ0v) is 12.9. The Bertz CT molecular complexity index is 405.